The molecule has 0 aliphatic rings. The predicted octanol–water partition coefficient (Wildman–Crippen LogP) is 3.86. The maximum Gasteiger partial charge on any atom is 0.123 e. The molecule has 0 aliphatic heterocycles. The predicted molar refractivity (Wildman–Crippen MR) is 82.6 cm³/mol. The monoisotopic (exact) mass is 281 g/mol. The van der Waals surface area contributed by atoms with Crippen molar-refractivity contribution in [3.63, 3.8) is 0 Å². The first-order valence-corrected chi connectivity index (χ1v) is 7.50. The van der Waals surface area contributed by atoms with Crippen LogP contribution in [0.15, 0.2) is 18.2 Å². The summed E-state index contributed by atoms with van der Waals surface area (Å²) >= 11 is 0. The Morgan fingerprint density at radius 3 is 2.60 bits per heavy atom. The highest BCUT2D eigenvalue weighted by Crippen LogP contribution is 2.24. The second kappa shape index (κ2) is 7.75. The normalized spacial score (nSPS) is 15.9. The summed E-state index contributed by atoms with van der Waals surface area (Å²) in [5.41, 5.74) is 1.94. The minimum Gasteiger partial charge on any atom is -0.377 e. The lowest BCUT2D eigenvalue weighted by Crippen LogP contribution is -2.51. The summed E-state index contributed by atoms with van der Waals surface area (Å²) in [5.74, 6) is -0.171. The summed E-state index contributed by atoms with van der Waals surface area (Å²) in [6.07, 6.45) is 2.77. The highest BCUT2D eigenvalue weighted by atomic mass is 19.1. The topological polar surface area (TPSA) is 21.3 Å². The first-order valence-electron chi connectivity index (χ1n) is 7.50. The van der Waals surface area contributed by atoms with E-state index in [0.29, 0.717) is 0 Å². The van der Waals surface area contributed by atoms with Gasteiger partial charge in [-0.05, 0) is 62.9 Å². The lowest BCUT2D eigenvalue weighted by Gasteiger charge is -2.37. The van der Waals surface area contributed by atoms with E-state index in [1.54, 1.807) is 13.2 Å². The maximum absolute atomic E-state index is 13.5. The Kier molecular flexibility index (Phi) is 6.63. The van der Waals surface area contributed by atoms with Crippen LogP contribution < -0.4 is 5.32 Å². The Labute approximate surface area is 122 Å². The highest BCUT2D eigenvalue weighted by molar-refractivity contribution is 5.28. The fraction of sp³-hybridized carbons (Fsp3) is 0.647. The first kappa shape index (κ1) is 17.1. The average Bonchev–Trinajstić information content (AvgIpc) is 2.46. The zero-order valence-corrected chi connectivity index (χ0v) is 13.4. The smallest absolute Gasteiger partial charge is 0.123 e. The molecule has 0 radical (unpaired) electrons. The molecule has 0 fully saturated rings. The third kappa shape index (κ3) is 4.29. The molecule has 0 aliphatic carbocycles. The third-order valence-electron chi connectivity index (χ3n) is 4.28. The van der Waals surface area contributed by atoms with E-state index in [1.807, 2.05) is 13.0 Å². The van der Waals surface area contributed by atoms with E-state index in [0.717, 1.165) is 36.9 Å². The second-order valence-electron chi connectivity index (χ2n) is 5.65. The maximum atomic E-state index is 13.5. The van der Waals surface area contributed by atoms with Crippen LogP contribution in [0.25, 0.3) is 0 Å². The molecule has 1 aromatic carbocycles. The number of rotatable bonds is 8. The lowest BCUT2D eigenvalue weighted by molar-refractivity contribution is -0.0287. The first-order chi connectivity index (χ1) is 9.46. The molecule has 3 heteroatoms. The Morgan fingerprint density at radius 1 is 1.35 bits per heavy atom. The molecular formula is C17H28FNO. The molecule has 1 aromatic rings. The van der Waals surface area contributed by atoms with Crippen molar-refractivity contribution in [3.8, 4) is 0 Å². The highest BCUT2D eigenvalue weighted by Gasteiger charge is 2.32. The molecule has 2 nitrogen and oxygen atoms in total. The van der Waals surface area contributed by atoms with Gasteiger partial charge in [-0.15, -0.1) is 0 Å². The van der Waals surface area contributed by atoms with Gasteiger partial charge < -0.3 is 10.1 Å². The van der Waals surface area contributed by atoms with Gasteiger partial charge in [0.15, 0.2) is 0 Å². The quantitative estimate of drug-likeness (QED) is 0.781. The van der Waals surface area contributed by atoms with Gasteiger partial charge in [0.1, 0.15) is 5.82 Å². The number of hydrogen-bond acceptors (Lipinski definition) is 2. The molecule has 0 saturated carbocycles. The van der Waals surface area contributed by atoms with Gasteiger partial charge >= 0.3 is 0 Å². The summed E-state index contributed by atoms with van der Waals surface area (Å²) in [6.45, 7) is 9.37. The number of halogens is 1. The number of benzene rings is 1. The molecule has 1 N–H and O–H groups in total. The van der Waals surface area contributed by atoms with Crippen molar-refractivity contribution < 1.29 is 9.13 Å². The molecular weight excluding hydrogens is 253 g/mol. The van der Waals surface area contributed by atoms with Gasteiger partial charge in [-0.3, -0.25) is 0 Å². The Balaban J connectivity index is 2.96. The van der Waals surface area contributed by atoms with Crippen LogP contribution in [0, 0.1) is 12.7 Å². The van der Waals surface area contributed by atoms with E-state index in [2.05, 4.69) is 26.1 Å². The SMILES string of the molecule is CCCNC(Cc1cc(F)ccc1C)C(C)(CC)OC. The van der Waals surface area contributed by atoms with Crippen LogP contribution in [0.3, 0.4) is 0 Å². The van der Waals surface area contributed by atoms with E-state index >= 15 is 0 Å². The van der Waals surface area contributed by atoms with Crippen molar-refractivity contribution in [2.75, 3.05) is 13.7 Å². The zero-order valence-electron chi connectivity index (χ0n) is 13.4. The van der Waals surface area contributed by atoms with E-state index < -0.39 is 0 Å². The van der Waals surface area contributed by atoms with Crippen LogP contribution >= 0.6 is 0 Å². The van der Waals surface area contributed by atoms with Gasteiger partial charge in [-0.2, -0.15) is 0 Å². The van der Waals surface area contributed by atoms with E-state index in [9.17, 15) is 4.39 Å². The van der Waals surface area contributed by atoms with Gasteiger partial charge in [0.05, 0.1) is 5.60 Å². The van der Waals surface area contributed by atoms with Gasteiger partial charge in [-0.1, -0.05) is 19.9 Å². The summed E-state index contributed by atoms with van der Waals surface area (Å²) < 4.78 is 19.2. The van der Waals surface area contributed by atoms with Crippen LogP contribution in [0.5, 0.6) is 0 Å². The van der Waals surface area contributed by atoms with Crippen molar-refractivity contribution in [1.29, 1.82) is 0 Å². The van der Waals surface area contributed by atoms with Crippen molar-refractivity contribution in [3.05, 3.63) is 35.1 Å². The fourth-order valence-corrected chi connectivity index (χ4v) is 2.44. The molecule has 2 unspecified atom stereocenters. The van der Waals surface area contributed by atoms with Crippen molar-refractivity contribution in [1.82, 2.24) is 5.32 Å². The minimum absolute atomic E-state index is 0.171. The summed E-state index contributed by atoms with van der Waals surface area (Å²) in [5, 5.41) is 3.56. The van der Waals surface area contributed by atoms with Gasteiger partial charge in [-0.25, -0.2) is 4.39 Å². The Morgan fingerprint density at radius 2 is 2.05 bits per heavy atom. The third-order valence-corrected chi connectivity index (χ3v) is 4.28. The van der Waals surface area contributed by atoms with Gasteiger partial charge in [0, 0.05) is 13.2 Å². The largest absolute Gasteiger partial charge is 0.377 e. The van der Waals surface area contributed by atoms with Gasteiger partial charge in [0.2, 0.25) is 0 Å². The van der Waals surface area contributed by atoms with E-state index in [4.69, 9.17) is 4.74 Å². The number of ether oxygens (including phenoxy) is 1. The number of methoxy groups -OCH3 is 1. The van der Waals surface area contributed by atoms with Crippen molar-refractivity contribution in [2.24, 2.45) is 0 Å². The average molecular weight is 281 g/mol. The van der Waals surface area contributed by atoms with Crippen LogP contribution in [0.1, 0.15) is 44.7 Å². The van der Waals surface area contributed by atoms with E-state index in [-0.39, 0.29) is 17.5 Å². The minimum atomic E-state index is -0.242. The number of nitrogens with one attached hydrogen (secondary N) is 1. The summed E-state index contributed by atoms with van der Waals surface area (Å²) in [6, 6.07) is 5.18. The Hall–Kier alpha value is -0.930. The number of aryl methyl sites for hydroxylation is 1. The molecule has 0 spiro atoms. The molecule has 2 atom stereocenters. The second-order valence-corrected chi connectivity index (χ2v) is 5.65. The standard InChI is InChI=1S/C17H28FNO/c1-6-10-19-16(17(4,7-2)20-5)12-14-11-15(18)9-8-13(14)3/h8-9,11,16,19H,6-7,10,12H2,1-5H3. The zero-order chi connectivity index (χ0) is 15.2. The van der Waals surface area contributed by atoms with E-state index in [1.165, 1.54) is 6.07 Å². The van der Waals surface area contributed by atoms with Crippen LogP contribution in [0.4, 0.5) is 4.39 Å². The fourth-order valence-electron chi connectivity index (χ4n) is 2.44. The van der Waals surface area contributed by atoms with Gasteiger partial charge in [0.25, 0.3) is 0 Å². The van der Waals surface area contributed by atoms with Crippen LogP contribution in [-0.2, 0) is 11.2 Å². The lowest BCUT2D eigenvalue weighted by atomic mass is 9.87. The van der Waals surface area contributed by atoms with Crippen LogP contribution in [-0.4, -0.2) is 25.3 Å². The molecule has 0 heterocycles. The van der Waals surface area contributed by atoms with Crippen LogP contribution in [0.2, 0.25) is 0 Å². The molecule has 0 aromatic heterocycles. The molecule has 20 heavy (non-hydrogen) atoms. The molecule has 1 rings (SSSR count). The summed E-state index contributed by atoms with van der Waals surface area (Å²) in [4.78, 5) is 0. The molecule has 0 amide bonds. The molecule has 0 bridgehead atoms. The number of hydrogen-bond donors (Lipinski definition) is 1. The Bertz CT molecular complexity index is 415. The van der Waals surface area contributed by atoms with Crippen molar-refractivity contribution >= 4 is 0 Å². The molecule has 0 saturated heterocycles. The summed E-state index contributed by atoms with van der Waals surface area (Å²) in [7, 11) is 1.75. The van der Waals surface area contributed by atoms with Crippen molar-refractivity contribution in [2.45, 2.75) is 58.6 Å². The molecule has 114 valence electrons.